The van der Waals surface area contributed by atoms with Gasteiger partial charge in [-0.25, -0.2) is 0 Å². The van der Waals surface area contributed by atoms with E-state index in [0.29, 0.717) is 0 Å². The molecular formula is C14H12BrNS. The summed E-state index contributed by atoms with van der Waals surface area (Å²) >= 11 is 5.29. The summed E-state index contributed by atoms with van der Waals surface area (Å²) in [5, 5.41) is 3.44. The molecule has 0 atom stereocenters. The molecule has 0 fully saturated rings. The minimum Gasteiger partial charge on any atom is -0.342 e. The number of aryl methyl sites for hydroxylation is 1. The first-order valence-corrected chi connectivity index (χ1v) is 7.18. The van der Waals surface area contributed by atoms with Gasteiger partial charge < -0.3 is 4.57 Å². The van der Waals surface area contributed by atoms with Crippen molar-refractivity contribution in [3.05, 3.63) is 56.8 Å². The molecule has 3 heteroatoms. The highest BCUT2D eigenvalue weighted by Crippen LogP contribution is 2.23. The number of thiophene rings is 1. The summed E-state index contributed by atoms with van der Waals surface area (Å²) in [4.78, 5) is 1.37. The van der Waals surface area contributed by atoms with E-state index in [1.807, 2.05) is 0 Å². The second-order valence-corrected chi connectivity index (χ2v) is 6.15. The Morgan fingerprint density at radius 2 is 2.12 bits per heavy atom. The van der Waals surface area contributed by atoms with Crippen molar-refractivity contribution in [2.75, 3.05) is 0 Å². The fourth-order valence-electron chi connectivity index (χ4n) is 2.04. The Morgan fingerprint density at radius 1 is 1.24 bits per heavy atom. The fourth-order valence-corrected chi connectivity index (χ4v) is 3.49. The van der Waals surface area contributed by atoms with E-state index in [2.05, 4.69) is 69.3 Å². The number of aromatic nitrogens is 1. The molecule has 0 N–H and O–H groups in total. The maximum Gasteiger partial charge on any atom is 0.0569 e. The largest absolute Gasteiger partial charge is 0.342 e. The zero-order valence-electron chi connectivity index (χ0n) is 9.48. The van der Waals surface area contributed by atoms with Crippen LogP contribution < -0.4 is 0 Å². The van der Waals surface area contributed by atoms with Gasteiger partial charge in [0.05, 0.1) is 6.54 Å². The predicted molar refractivity (Wildman–Crippen MR) is 77.8 cm³/mol. The summed E-state index contributed by atoms with van der Waals surface area (Å²) in [5.41, 5.74) is 2.62. The summed E-state index contributed by atoms with van der Waals surface area (Å²) in [7, 11) is 0. The second-order valence-electron chi connectivity index (χ2n) is 4.24. The van der Waals surface area contributed by atoms with Crippen LogP contribution in [-0.4, -0.2) is 4.57 Å². The fraction of sp³-hybridized carbons (Fsp3) is 0.143. The molecular weight excluding hydrogens is 294 g/mol. The molecule has 0 saturated carbocycles. The van der Waals surface area contributed by atoms with Gasteiger partial charge in [0.1, 0.15) is 0 Å². The van der Waals surface area contributed by atoms with Gasteiger partial charge in [0.25, 0.3) is 0 Å². The van der Waals surface area contributed by atoms with Crippen LogP contribution in [0.25, 0.3) is 10.9 Å². The summed E-state index contributed by atoms with van der Waals surface area (Å²) in [6, 6.07) is 11.0. The van der Waals surface area contributed by atoms with Crippen LogP contribution in [0.4, 0.5) is 0 Å². The maximum atomic E-state index is 3.50. The highest BCUT2D eigenvalue weighted by molar-refractivity contribution is 9.10. The van der Waals surface area contributed by atoms with Crippen LogP contribution in [0.3, 0.4) is 0 Å². The summed E-state index contributed by atoms with van der Waals surface area (Å²) < 4.78 is 3.48. The van der Waals surface area contributed by atoms with Gasteiger partial charge in [-0.05, 0) is 52.0 Å². The monoisotopic (exact) mass is 305 g/mol. The number of nitrogens with zero attached hydrogens (tertiary/aromatic N) is 1. The van der Waals surface area contributed by atoms with Gasteiger partial charge in [0, 0.05) is 26.4 Å². The van der Waals surface area contributed by atoms with E-state index in [-0.39, 0.29) is 0 Å². The lowest BCUT2D eigenvalue weighted by molar-refractivity contribution is 0.851. The molecule has 0 aliphatic rings. The number of fused-ring (bicyclic) bond motifs is 1. The first-order chi connectivity index (χ1) is 8.22. The van der Waals surface area contributed by atoms with Gasteiger partial charge in [-0.15, -0.1) is 11.3 Å². The van der Waals surface area contributed by atoms with Gasteiger partial charge >= 0.3 is 0 Å². The highest BCUT2D eigenvalue weighted by Gasteiger charge is 2.03. The topological polar surface area (TPSA) is 4.93 Å². The van der Waals surface area contributed by atoms with Crippen molar-refractivity contribution in [1.29, 1.82) is 0 Å². The van der Waals surface area contributed by atoms with Crippen molar-refractivity contribution in [3.8, 4) is 0 Å². The normalized spacial score (nSPS) is 11.2. The van der Waals surface area contributed by atoms with Crippen LogP contribution in [0.15, 0.2) is 46.4 Å². The van der Waals surface area contributed by atoms with E-state index in [1.54, 1.807) is 11.3 Å². The van der Waals surface area contributed by atoms with Crippen molar-refractivity contribution in [1.82, 2.24) is 4.57 Å². The Labute approximate surface area is 113 Å². The molecule has 86 valence electrons. The predicted octanol–water partition coefficient (Wildman–Crippen LogP) is 4.82. The Morgan fingerprint density at radius 3 is 2.88 bits per heavy atom. The third-order valence-electron chi connectivity index (χ3n) is 2.88. The molecule has 2 aromatic heterocycles. The summed E-state index contributed by atoms with van der Waals surface area (Å²) in [6.07, 6.45) is 2.16. The summed E-state index contributed by atoms with van der Waals surface area (Å²) in [6.45, 7) is 3.09. The molecule has 1 nitrogen and oxygen atoms in total. The number of hydrogen-bond acceptors (Lipinski definition) is 1. The molecule has 3 aromatic rings. The molecule has 0 saturated heterocycles. The van der Waals surface area contributed by atoms with Gasteiger partial charge in [-0.3, -0.25) is 0 Å². The van der Waals surface area contributed by atoms with E-state index in [1.165, 1.54) is 25.8 Å². The number of benzene rings is 1. The first kappa shape index (κ1) is 11.1. The Kier molecular flexibility index (Phi) is 2.81. The van der Waals surface area contributed by atoms with Crippen LogP contribution in [0, 0.1) is 6.92 Å². The first-order valence-electron chi connectivity index (χ1n) is 5.51. The van der Waals surface area contributed by atoms with Crippen molar-refractivity contribution in [2.45, 2.75) is 13.5 Å². The van der Waals surface area contributed by atoms with E-state index < -0.39 is 0 Å². The highest BCUT2D eigenvalue weighted by atomic mass is 79.9. The zero-order valence-corrected chi connectivity index (χ0v) is 11.9. The number of rotatable bonds is 2. The van der Waals surface area contributed by atoms with Crippen molar-refractivity contribution in [2.24, 2.45) is 0 Å². The Bertz CT molecular complexity index is 666. The smallest absolute Gasteiger partial charge is 0.0569 e. The molecule has 3 rings (SSSR count). The SMILES string of the molecule is Cc1ccc2ccn(Cc3cc(Br)cs3)c2c1. The van der Waals surface area contributed by atoms with Crippen molar-refractivity contribution < 1.29 is 0 Å². The molecule has 0 bridgehead atoms. The van der Waals surface area contributed by atoms with E-state index in [4.69, 9.17) is 0 Å². The van der Waals surface area contributed by atoms with Gasteiger partial charge in [0.15, 0.2) is 0 Å². The average molecular weight is 306 g/mol. The minimum atomic E-state index is 0.948. The molecule has 1 aromatic carbocycles. The Hall–Kier alpha value is -1.06. The minimum absolute atomic E-state index is 0.948. The lowest BCUT2D eigenvalue weighted by Gasteiger charge is -2.04. The van der Waals surface area contributed by atoms with Gasteiger partial charge in [0.2, 0.25) is 0 Å². The van der Waals surface area contributed by atoms with Crippen LogP contribution in [0.2, 0.25) is 0 Å². The van der Waals surface area contributed by atoms with Crippen molar-refractivity contribution >= 4 is 38.2 Å². The number of halogens is 1. The lowest BCUT2D eigenvalue weighted by Crippen LogP contribution is -1.95. The maximum absolute atomic E-state index is 3.50. The Balaban J connectivity index is 2.03. The van der Waals surface area contributed by atoms with Gasteiger partial charge in [-0.2, -0.15) is 0 Å². The molecule has 0 aliphatic heterocycles. The zero-order chi connectivity index (χ0) is 11.8. The van der Waals surface area contributed by atoms with E-state index in [9.17, 15) is 0 Å². The van der Waals surface area contributed by atoms with Crippen LogP contribution in [0.1, 0.15) is 10.4 Å². The molecule has 0 radical (unpaired) electrons. The average Bonchev–Trinajstić information content (AvgIpc) is 2.87. The van der Waals surface area contributed by atoms with Crippen LogP contribution in [-0.2, 0) is 6.54 Å². The molecule has 0 unspecified atom stereocenters. The third kappa shape index (κ3) is 2.17. The third-order valence-corrected chi connectivity index (χ3v) is 4.56. The van der Waals surface area contributed by atoms with Gasteiger partial charge in [-0.1, -0.05) is 12.1 Å². The summed E-state index contributed by atoms with van der Waals surface area (Å²) in [5.74, 6) is 0. The van der Waals surface area contributed by atoms with Crippen molar-refractivity contribution in [3.63, 3.8) is 0 Å². The molecule has 0 amide bonds. The lowest BCUT2D eigenvalue weighted by atomic mass is 10.2. The number of hydrogen-bond donors (Lipinski definition) is 0. The van der Waals surface area contributed by atoms with E-state index in [0.717, 1.165) is 6.54 Å². The molecule has 0 spiro atoms. The molecule has 0 aliphatic carbocycles. The second kappa shape index (κ2) is 4.31. The quantitative estimate of drug-likeness (QED) is 0.639. The standard InChI is InChI=1S/C14H12BrNS/c1-10-2-3-11-4-5-16(14(11)6-10)8-13-7-12(15)9-17-13/h2-7,9H,8H2,1H3. The molecule has 2 heterocycles. The van der Waals surface area contributed by atoms with Crippen LogP contribution in [0.5, 0.6) is 0 Å². The molecule has 17 heavy (non-hydrogen) atoms. The van der Waals surface area contributed by atoms with Crippen LogP contribution >= 0.6 is 27.3 Å². The van der Waals surface area contributed by atoms with E-state index >= 15 is 0 Å².